The first-order valence-electron chi connectivity index (χ1n) is 10.6. The van der Waals surface area contributed by atoms with Crippen LogP contribution >= 0.6 is 0 Å². The van der Waals surface area contributed by atoms with Crippen LogP contribution in [0.4, 0.5) is 4.79 Å². The summed E-state index contributed by atoms with van der Waals surface area (Å²) in [5.74, 6) is -2.33. The highest BCUT2D eigenvalue weighted by Gasteiger charge is 2.30. The van der Waals surface area contributed by atoms with Gasteiger partial charge in [0.25, 0.3) is 0 Å². The number of nitrogens with one attached hydrogen (secondary N) is 2. The van der Waals surface area contributed by atoms with Crippen LogP contribution in [0.5, 0.6) is 0 Å². The van der Waals surface area contributed by atoms with Crippen LogP contribution in [0.2, 0.25) is 0 Å². The van der Waals surface area contributed by atoms with Gasteiger partial charge < -0.3 is 25.6 Å². The number of amides is 2. The number of ether oxygens (including phenoxy) is 1. The molecule has 0 saturated carbocycles. The monoisotopic (exact) mass is 451 g/mol. The minimum Gasteiger partial charge on any atom is -0.480 e. The minimum absolute atomic E-state index is 0.0563. The van der Waals surface area contributed by atoms with Gasteiger partial charge in [-0.3, -0.25) is 4.79 Å². The molecule has 172 valence electrons. The van der Waals surface area contributed by atoms with Crippen molar-refractivity contribution in [2.45, 2.75) is 37.3 Å². The van der Waals surface area contributed by atoms with Crippen LogP contribution in [0.25, 0.3) is 11.1 Å². The minimum atomic E-state index is -1.50. The predicted octanol–water partition coefficient (Wildman–Crippen LogP) is 2.15. The third-order valence-electron chi connectivity index (χ3n) is 5.53. The molecule has 2 aromatic rings. The predicted molar refractivity (Wildman–Crippen MR) is 118 cm³/mol. The largest absolute Gasteiger partial charge is 0.480 e. The molecule has 2 amide bonds. The van der Waals surface area contributed by atoms with E-state index >= 15 is 0 Å². The molecule has 3 rings (SSSR count). The summed E-state index contributed by atoms with van der Waals surface area (Å²) in [6.07, 6.45) is -0.237. The van der Waals surface area contributed by atoms with Gasteiger partial charge in [0.15, 0.2) is 0 Å². The number of fused-ring (bicyclic) bond motifs is 3. The highest BCUT2D eigenvalue weighted by Crippen LogP contribution is 2.44. The number of aliphatic carboxylic acids is 1. The van der Waals surface area contributed by atoms with Gasteiger partial charge in [0.05, 0.1) is 12.7 Å². The lowest BCUT2D eigenvalue weighted by molar-refractivity contribution is -0.143. The van der Waals surface area contributed by atoms with E-state index in [1.165, 1.54) is 0 Å². The smallest absolute Gasteiger partial charge is 0.407 e. The number of benzene rings is 2. The third kappa shape index (κ3) is 5.67. The first-order valence-corrected chi connectivity index (χ1v) is 10.6. The van der Waals surface area contributed by atoms with Crippen molar-refractivity contribution in [2.75, 3.05) is 13.2 Å². The van der Waals surface area contributed by atoms with E-state index in [-0.39, 0.29) is 25.4 Å². The molecular formula is C24H25N3O6. The Morgan fingerprint density at radius 2 is 1.61 bits per heavy atom. The van der Waals surface area contributed by atoms with Crippen molar-refractivity contribution >= 4 is 18.0 Å². The molecule has 0 radical (unpaired) electrons. The van der Waals surface area contributed by atoms with Crippen LogP contribution in [-0.2, 0) is 14.3 Å². The molecule has 1 unspecified atom stereocenters. The number of nitrogens with zero attached hydrogens (tertiary/aromatic N) is 1. The van der Waals surface area contributed by atoms with Crippen LogP contribution in [-0.4, -0.2) is 53.5 Å². The van der Waals surface area contributed by atoms with E-state index in [9.17, 15) is 14.4 Å². The molecule has 4 N–H and O–H groups in total. The lowest BCUT2D eigenvalue weighted by Gasteiger charge is -2.21. The average Bonchev–Trinajstić information content (AvgIpc) is 3.14. The van der Waals surface area contributed by atoms with Crippen molar-refractivity contribution in [3.8, 4) is 17.2 Å². The summed E-state index contributed by atoms with van der Waals surface area (Å²) in [5, 5.41) is 31.6. The van der Waals surface area contributed by atoms with E-state index < -0.39 is 36.7 Å². The molecule has 2 aromatic carbocycles. The molecule has 33 heavy (non-hydrogen) atoms. The molecule has 2 atom stereocenters. The topological polar surface area (TPSA) is 149 Å². The Labute approximate surface area is 191 Å². The molecule has 0 saturated heterocycles. The molecule has 0 aliphatic heterocycles. The van der Waals surface area contributed by atoms with E-state index in [1.54, 1.807) is 0 Å². The fourth-order valence-corrected chi connectivity index (χ4v) is 3.89. The highest BCUT2D eigenvalue weighted by molar-refractivity contribution is 5.89. The summed E-state index contributed by atoms with van der Waals surface area (Å²) in [5.41, 5.74) is 4.25. The van der Waals surface area contributed by atoms with Gasteiger partial charge >= 0.3 is 12.1 Å². The van der Waals surface area contributed by atoms with Crippen molar-refractivity contribution in [3.63, 3.8) is 0 Å². The Morgan fingerprint density at radius 3 is 2.15 bits per heavy atom. The van der Waals surface area contributed by atoms with Crippen molar-refractivity contribution in [1.82, 2.24) is 10.6 Å². The molecule has 0 bridgehead atoms. The van der Waals surface area contributed by atoms with E-state index in [2.05, 4.69) is 10.6 Å². The number of nitriles is 1. The zero-order valence-corrected chi connectivity index (χ0v) is 17.9. The molecular weight excluding hydrogens is 426 g/mol. The maximum Gasteiger partial charge on any atom is 0.407 e. The quantitative estimate of drug-likeness (QED) is 0.404. The van der Waals surface area contributed by atoms with Crippen molar-refractivity contribution in [1.29, 1.82) is 5.26 Å². The molecule has 0 fully saturated rings. The zero-order valence-electron chi connectivity index (χ0n) is 17.9. The Kier molecular flexibility index (Phi) is 8.00. The van der Waals surface area contributed by atoms with Crippen LogP contribution in [0.15, 0.2) is 48.5 Å². The van der Waals surface area contributed by atoms with Gasteiger partial charge in [0.1, 0.15) is 18.7 Å². The number of alkyl carbamates (subject to hydrolysis) is 1. The normalized spacial score (nSPS) is 13.7. The van der Waals surface area contributed by atoms with Crippen LogP contribution in [0.1, 0.15) is 36.3 Å². The Balaban J connectivity index is 1.66. The van der Waals surface area contributed by atoms with Crippen LogP contribution in [0.3, 0.4) is 0 Å². The van der Waals surface area contributed by atoms with Crippen molar-refractivity contribution in [2.24, 2.45) is 0 Å². The number of rotatable bonds is 10. The van der Waals surface area contributed by atoms with E-state index in [0.29, 0.717) is 6.42 Å². The van der Waals surface area contributed by atoms with Gasteiger partial charge in [0.2, 0.25) is 5.91 Å². The van der Waals surface area contributed by atoms with Gasteiger partial charge in [-0.1, -0.05) is 48.5 Å². The first-order chi connectivity index (χ1) is 16.0. The molecule has 1 aliphatic carbocycles. The second-order valence-corrected chi connectivity index (χ2v) is 7.65. The fourth-order valence-electron chi connectivity index (χ4n) is 3.89. The Hall–Kier alpha value is -3.90. The lowest BCUT2D eigenvalue weighted by atomic mass is 9.98. The fraction of sp³-hybridized carbons (Fsp3) is 0.333. The highest BCUT2D eigenvalue weighted by atomic mass is 16.5. The molecule has 1 aliphatic rings. The van der Waals surface area contributed by atoms with Gasteiger partial charge in [0, 0.05) is 12.3 Å². The SMILES string of the molecule is N#CCCCC(NC(=O)OCC1c2ccccc2-c2ccccc21)C(=O)N[C@@H](CO)C(=O)O. The summed E-state index contributed by atoms with van der Waals surface area (Å²) in [4.78, 5) is 36.1. The second-order valence-electron chi connectivity index (χ2n) is 7.65. The molecule has 9 heteroatoms. The number of carbonyl (C=O) groups excluding carboxylic acids is 2. The molecule has 0 spiro atoms. The number of carboxylic acid groups (broad SMARTS) is 1. The van der Waals surface area contributed by atoms with Gasteiger partial charge in [-0.25, -0.2) is 9.59 Å². The maximum absolute atomic E-state index is 12.5. The molecule has 0 heterocycles. The zero-order chi connectivity index (χ0) is 23.8. The summed E-state index contributed by atoms with van der Waals surface area (Å²) in [6.45, 7) is -0.738. The number of hydrogen-bond acceptors (Lipinski definition) is 6. The lowest BCUT2D eigenvalue weighted by Crippen LogP contribution is -2.52. The van der Waals surface area contributed by atoms with Crippen molar-refractivity contribution < 1.29 is 29.3 Å². The number of aliphatic hydroxyl groups is 1. The number of aliphatic hydroxyl groups excluding tert-OH is 1. The van der Waals surface area contributed by atoms with Crippen LogP contribution < -0.4 is 10.6 Å². The van der Waals surface area contributed by atoms with Crippen molar-refractivity contribution in [3.05, 3.63) is 59.7 Å². The number of carbonyl (C=O) groups is 3. The summed E-state index contributed by atoms with van der Waals surface area (Å²) in [6, 6.07) is 15.1. The summed E-state index contributed by atoms with van der Waals surface area (Å²) >= 11 is 0. The number of unbranched alkanes of at least 4 members (excludes halogenated alkanes) is 1. The third-order valence-corrected chi connectivity index (χ3v) is 5.53. The van der Waals surface area contributed by atoms with E-state index in [0.717, 1.165) is 22.3 Å². The summed E-state index contributed by atoms with van der Waals surface area (Å²) in [7, 11) is 0. The first kappa shape index (κ1) is 23.8. The average molecular weight is 451 g/mol. The van der Waals surface area contributed by atoms with Gasteiger partial charge in [-0.2, -0.15) is 5.26 Å². The number of hydrogen-bond donors (Lipinski definition) is 4. The standard InChI is InChI=1S/C24H25N3O6/c25-12-6-5-11-20(22(29)26-21(13-28)23(30)31)27-24(32)33-14-19-17-9-3-1-7-15(17)16-8-2-4-10-18(16)19/h1-4,7-10,19-21,28H,5-6,11,13-14H2,(H,26,29)(H,27,32)(H,30,31)/t20?,21-/m0/s1. The molecule has 0 aromatic heterocycles. The van der Waals surface area contributed by atoms with E-state index in [1.807, 2.05) is 54.6 Å². The summed E-state index contributed by atoms with van der Waals surface area (Å²) < 4.78 is 5.44. The van der Waals surface area contributed by atoms with Gasteiger partial charge in [-0.15, -0.1) is 0 Å². The van der Waals surface area contributed by atoms with Gasteiger partial charge in [-0.05, 0) is 35.1 Å². The Bertz CT molecular complexity index is 1020. The number of carboxylic acids is 1. The Morgan fingerprint density at radius 1 is 1.00 bits per heavy atom. The molecule has 9 nitrogen and oxygen atoms in total. The van der Waals surface area contributed by atoms with E-state index in [4.69, 9.17) is 20.2 Å². The second kappa shape index (κ2) is 11.1. The van der Waals surface area contributed by atoms with Crippen LogP contribution in [0, 0.1) is 11.3 Å². The maximum atomic E-state index is 12.5.